The summed E-state index contributed by atoms with van der Waals surface area (Å²) in [6.45, 7) is -1.31. The lowest BCUT2D eigenvalue weighted by molar-refractivity contribution is -0.130. The first kappa shape index (κ1) is 17.3. The lowest BCUT2D eigenvalue weighted by atomic mass is 10.2. The van der Waals surface area contributed by atoms with Gasteiger partial charge in [0.05, 0.1) is 6.61 Å². The largest absolute Gasteiger partial charge is 0.472 e. The molecule has 1 aromatic carbocycles. The van der Waals surface area contributed by atoms with Crippen LogP contribution in [0.5, 0.6) is 0 Å². The van der Waals surface area contributed by atoms with Gasteiger partial charge in [-0.1, -0.05) is 30.3 Å². The fraction of sp³-hybridized carbons (Fsp3) is 0.273. The molecule has 0 saturated carbocycles. The Bertz CT molecular complexity index is 536. The zero-order valence-corrected chi connectivity index (χ0v) is 11.6. The minimum Gasteiger partial charge on any atom is -0.465 e. The second-order valence-corrected chi connectivity index (χ2v) is 5.43. The fourth-order valence-electron chi connectivity index (χ4n) is 1.23. The molecule has 0 spiro atoms. The van der Waals surface area contributed by atoms with Gasteiger partial charge in [-0.3, -0.25) is 19.2 Å². The van der Waals surface area contributed by atoms with Gasteiger partial charge in [0.25, 0.3) is 0 Å². The summed E-state index contributed by atoms with van der Waals surface area (Å²) in [6, 6.07) is 8.44. The van der Waals surface area contributed by atoms with Gasteiger partial charge in [0.15, 0.2) is 6.29 Å². The van der Waals surface area contributed by atoms with Crippen LogP contribution in [0.1, 0.15) is 5.56 Å². The summed E-state index contributed by atoms with van der Waals surface area (Å²) < 4.78 is 20.6. The molecule has 0 fully saturated rings. The van der Waals surface area contributed by atoms with Gasteiger partial charge in [-0.15, -0.1) is 0 Å². The quantitative estimate of drug-likeness (QED) is 0.308. The lowest BCUT2D eigenvalue weighted by Gasteiger charge is -2.22. The van der Waals surface area contributed by atoms with Crippen LogP contribution in [0.4, 0.5) is 4.79 Å². The first-order chi connectivity index (χ1) is 9.76. The molecule has 1 amide bonds. The van der Waals surface area contributed by atoms with E-state index < -0.39 is 26.2 Å². The molecule has 9 nitrogen and oxygen atoms in total. The molecule has 2 atom stereocenters. The van der Waals surface area contributed by atoms with Crippen molar-refractivity contribution < 1.29 is 38.3 Å². The first-order valence-electron chi connectivity index (χ1n) is 5.62. The number of phosphoric ester groups is 1. The lowest BCUT2D eigenvalue weighted by Crippen LogP contribution is -2.52. The second-order valence-electron chi connectivity index (χ2n) is 3.97. The van der Waals surface area contributed by atoms with E-state index in [1.165, 1.54) is 5.32 Å². The molecule has 0 aliphatic heterocycles. The number of hydrogen-bond acceptors (Lipinski definition) is 6. The third-order valence-electron chi connectivity index (χ3n) is 2.20. The SMILES string of the molecule is O=C[C@@](O)(COP(=O)(O)OCc1ccccc1)NC(=O)O. The second kappa shape index (κ2) is 7.30. The summed E-state index contributed by atoms with van der Waals surface area (Å²) >= 11 is 0. The third kappa shape index (κ3) is 6.48. The summed E-state index contributed by atoms with van der Waals surface area (Å²) in [4.78, 5) is 30.3. The predicted octanol–water partition coefficient (Wildman–Crippen LogP) is 0.475. The maximum atomic E-state index is 11.5. The zero-order valence-electron chi connectivity index (χ0n) is 10.7. The number of hydrogen-bond donors (Lipinski definition) is 4. The molecule has 1 aromatic rings. The van der Waals surface area contributed by atoms with Gasteiger partial charge in [-0.05, 0) is 5.56 Å². The Morgan fingerprint density at radius 1 is 1.33 bits per heavy atom. The van der Waals surface area contributed by atoms with Crippen molar-refractivity contribution in [1.82, 2.24) is 5.32 Å². The topological polar surface area (TPSA) is 142 Å². The van der Waals surface area contributed by atoms with Crippen LogP contribution in [0, 0.1) is 0 Å². The maximum absolute atomic E-state index is 11.5. The number of carbonyl (C=O) groups excluding carboxylic acids is 1. The van der Waals surface area contributed by atoms with E-state index in [1.54, 1.807) is 30.3 Å². The maximum Gasteiger partial charge on any atom is 0.472 e. The van der Waals surface area contributed by atoms with Crippen LogP contribution in [-0.4, -0.2) is 39.8 Å². The molecule has 0 aromatic heterocycles. The highest BCUT2D eigenvalue weighted by molar-refractivity contribution is 7.47. The van der Waals surface area contributed by atoms with Crippen molar-refractivity contribution in [2.45, 2.75) is 12.3 Å². The van der Waals surface area contributed by atoms with Crippen LogP contribution >= 0.6 is 7.82 Å². The molecule has 0 heterocycles. The van der Waals surface area contributed by atoms with E-state index in [-0.39, 0.29) is 12.9 Å². The summed E-state index contributed by atoms with van der Waals surface area (Å²) in [5.74, 6) is 0. The van der Waals surface area contributed by atoms with Crippen LogP contribution in [0.2, 0.25) is 0 Å². The summed E-state index contributed by atoms with van der Waals surface area (Å²) in [5, 5.41) is 19.3. The van der Waals surface area contributed by atoms with Crippen molar-refractivity contribution in [3.05, 3.63) is 35.9 Å². The molecule has 1 unspecified atom stereocenters. The molecule has 4 N–H and O–H groups in total. The molecular weight excluding hydrogens is 305 g/mol. The Hall–Kier alpha value is -1.77. The number of aliphatic hydroxyl groups is 1. The summed E-state index contributed by atoms with van der Waals surface area (Å²) in [6.07, 6.45) is -1.87. The van der Waals surface area contributed by atoms with Crippen LogP contribution in [-0.2, 0) is 25.0 Å². The molecular formula is C11H14NO8P. The monoisotopic (exact) mass is 319 g/mol. The van der Waals surface area contributed by atoms with Crippen molar-refractivity contribution in [2.24, 2.45) is 0 Å². The van der Waals surface area contributed by atoms with Gasteiger partial charge >= 0.3 is 13.9 Å². The normalized spacial score (nSPS) is 16.5. The number of carbonyl (C=O) groups is 2. The van der Waals surface area contributed by atoms with Crippen molar-refractivity contribution >= 4 is 20.2 Å². The Morgan fingerprint density at radius 3 is 2.48 bits per heavy atom. The third-order valence-corrected chi connectivity index (χ3v) is 3.11. The van der Waals surface area contributed by atoms with E-state index in [0.717, 1.165) is 0 Å². The van der Waals surface area contributed by atoms with E-state index in [9.17, 15) is 24.2 Å². The molecule has 0 aliphatic rings. The van der Waals surface area contributed by atoms with Gasteiger partial charge < -0.3 is 15.1 Å². The molecule has 10 heteroatoms. The minimum atomic E-state index is -4.56. The fourth-order valence-corrected chi connectivity index (χ4v) is 1.98. The van der Waals surface area contributed by atoms with E-state index >= 15 is 0 Å². The van der Waals surface area contributed by atoms with Crippen LogP contribution in [0.15, 0.2) is 30.3 Å². The Kier molecular flexibility index (Phi) is 6.01. The number of phosphoric acid groups is 1. The van der Waals surface area contributed by atoms with Gasteiger partial charge in [0, 0.05) is 0 Å². The molecule has 116 valence electrons. The highest BCUT2D eigenvalue weighted by atomic mass is 31.2. The van der Waals surface area contributed by atoms with Gasteiger partial charge in [-0.2, -0.15) is 0 Å². The molecule has 0 radical (unpaired) electrons. The number of aldehydes is 1. The first-order valence-corrected chi connectivity index (χ1v) is 7.11. The average Bonchev–Trinajstić information content (AvgIpc) is 2.44. The van der Waals surface area contributed by atoms with E-state index in [1.807, 2.05) is 0 Å². The van der Waals surface area contributed by atoms with E-state index in [4.69, 9.17) is 5.11 Å². The molecule has 0 saturated heterocycles. The molecule has 0 aliphatic carbocycles. The van der Waals surface area contributed by atoms with E-state index in [0.29, 0.717) is 5.56 Å². The smallest absolute Gasteiger partial charge is 0.465 e. The molecule has 1 rings (SSSR count). The van der Waals surface area contributed by atoms with Crippen molar-refractivity contribution in [2.75, 3.05) is 6.61 Å². The highest BCUT2D eigenvalue weighted by Crippen LogP contribution is 2.44. The van der Waals surface area contributed by atoms with Crippen LogP contribution in [0.3, 0.4) is 0 Å². The van der Waals surface area contributed by atoms with Crippen molar-refractivity contribution in [3.63, 3.8) is 0 Å². The number of benzene rings is 1. The molecule has 21 heavy (non-hydrogen) atoms. The Labute approximate surface area is 119 Å². The van der Waals surface area contributed by atoms with Crippen LogP contribution < -0.4 is 5.32 Å². The van der Waals surface area contributed by atoms with Crippen molar-refractivity contribution in [1.29, 1.82) is 0 Å². The van der Waals surface area contributed by atoms with Gasteiger partial charge in [0.2, 0.25) is 5.72 Å². The highest BCUT2D eigenvalue weighted by Gasteiger charge is 2.33. The standard InChI is InChI=1S/C11H14NO8P/c13-7-11(16,12-10(14)15)8-20-21(17,18)19-6-9-4-2-1-3-5-9/h1-5,7,12,16H,6,8H2,(H,14,15)(H,17,18)/t11-/m1/s1. The zero-order chi connectivity index (χ0) is 15.9. The van der Waals surface area contributed by atoms with E-state index in [2.05, 4.69) is 9.05 Å². The number of amides is 1. The Morgan fingerprint density at radius 2 is 1.95 bits per heavy atom. The Balaban J connectivity index is 2.53. The predicted molar refractivity (Wildman–Crippen MR) is 69.2 cm³/mol. The minimum absolute atomic E-state index is 0.168. The average molecular weight is 319 g/mol. The number of rotatable bonds is 8. The summed E-state index contributed by atoms with van der Waals surface area (Å²) in [5.41, 5.74) is -2.04. The van der Waals surface area contributed by atoms with Crippen LogP contribution in [0.25, 0.3) is 0 Å². The number of carboxylic acid groups (broad SMARTS) is 1. The van der Waals surface area contributed by atoms with Gasteiger partial charge in [0.1, 0.15) is 6.61 Å². The summed E-state index contributed by atoms with van der Waals surface area (Å²) in [7, 11) is -4.56. The molecule has 0 bridgehead atoms. The van der Waals surface area contributed by atoms with Crippen molar-refractivity contribution in [3.8, 4) is 0 Å². The van der Waals surface area contributed by atoms with Gasteiger partial charge in [-0.25, -0.2) is 9.36 Å². The number of nitrogens with one attached hydrogen (secondary N) is 1.